The molecule has 0 spiro atoms. The average Bonchev–Trinajstić information content (AvgIpc) is 2.83. The first kappa shape index (κ1) is 14.2. The fraction of sp³-hybridized carbons (Fsp3) is 0.286. The van der Waals surface area contributed by atoms with E-state index in [1.165, 1.54) is 35.1 Å². The van der Waals surface area contributed by atoms with Gasteiger partial charge in [-0.05, 0) is 24.6 Å². The van der Waals surface area contributed by atoms with Gasteiger partial charge in [-0.1, -0.05) is 12.1 Å². The number of nitrogens with zero attached hydrogens (tertiary/aromatic N) is 2. The van der Waals surface area contributed by atoms with Crippen LogP contribution in [0.1, 0.15) is 22.8 Å². The summed E-state index contributed by atoms with van der Waals surface area (Å²) in [6.07, 6.45) is 3.03. The van der Waals surface area contributed by atoms with Gasteiger partial charge in [0.25, 0.3) is 5.91 Å². The minimum absolute atomic E-state index is 0.0202. The number of carbonyl (C=O) groups excluding carboxylic acids is 1. The first-order chi connectivity index (χ1) is 9.38. The number of carbonyl (C=O) groups is 1. The number of hydrogen-bond donors (Lipinski definition) is 2. The van der Waals surface area contributed by atoms with Crippen molar-refractivity contribution >= 4 is 5.91 Å². The smallest absolute Gasteiger partial charge is 0.254 e. The summed E-state index contributed by atoms with van der Waals surface area (Å²) in [7, 11) is 1.71. The Morgan fingerprint density at radius 2 is 2.10 bits per heavy atom. The zero-order valence-corrected chi connectivity index (χ0v) is 11.3. The second-order valence-electron chi connectivity index (χ2n) is 4.87. The van der Waals surface area contributed by atoms with Crippen LogP contribution in [0.3, 0.4) is 0 Å². The maximum absolute atomic E-state index is 12.9. The third-order valence-corrected chi connectivity index (χ3v) is 3.03. The van der Waals surface area contributed by atoms with Crippen LogP contribution in [-0.4, -0.2) is 27.3 Å². The zero-order valence-electron chi connectivity index (χ0n) is 11.3. The molecule has 5 nitrogen and oxygen atoms in total. The third kappa shape index (κ3) is 3.21. The van der Waals surface area contributed by atoms with Crippen molar-refractivity contribution in [3.8, 4) is 0 Å². The van der Waals surface area contributed by atoms with Crippen LogP contribution in [0.2, 0.25) is 0 Å². The highest BCUT2D eigenvalue weighted by atomic mass is 19.1. The van der Waals surface area contributed by atoms with Crippen LogP contribution in [0.5, 0.6) is 0 Å². The minimum atomic E-state index is -1.27. The van der Waals surface area contributed by atoms with E-state index in [0.29, 0.717) is 11.1 Å². The van der Waals surface area contributed by atoms with Gasteiger partial charge in [0.05, 0.1) is 18.3 Å². The number of benzene rings is 1. The molecule has 1 amide bonds. The highest BCUT2D eigenvalue weighted by Crippen LogP contribution is 2.20. The van der Waals surface area contributed by atoms with Crippen molar-refractivity contribution in [3.05, 3.63) is 53.6 Å². The highest BCUT2D eigenvalue weighted by Gasteiger charge is 2.24. The van der Waals surface area contributed by atoms with Crippen LogP contribution in [0.4, 0.5) is 4.39 Å². The molecule has 106 valence electrons. The molecule has 6 heteroatoms. The van der Waals surface area contributed by atoms with Gasteiger partial charge in [0.15, 0.2) is 0 Å². The Labute approximate surface area is 116 Å². The predicted octanol–water partition coefficient (Wildman–Crippen LogP) is 1.20. The molecule has 20 heavy (non-hydrogen) atoms. The summed E-state index contributed by atoms with van der Waals surface area (Å²) in [4.78, 5) is 11.9. The monoisotopic (exact) mass is 277 g/mol. The van der Waals surface area contributed by atoms with Gasteiger partial charge in [-0.25, -0.2) is 4.39 Å². The number of hydrogen-bond acceptors (Lipinski definition) is 3. The Hall–Kier alpha value is -2.21. The quantitative estimate of drug-likeness (QED) is 0.882. The Bertz CT molecular complexity index is 605. The second kappa shape index (κ2) is 5.42. The lowest BCUT2D eigenvalue weighted by molar-refractivity contribution is 0.0526. The Morgan fingerprint density at radius 1 is 1.45 bits per heavy atom. The van der Waals surface area contributed by atoms with Crippen LogP contribution in [-0.2, 0) is 12.6 Å². The van der Waals surface area contributed by atoms with Crippen molar-refractivity contribution in [2.24, 2.45) is 7.05 Å². The fourth-order valence-electron chi connectivity index (χ4n) is 1.80. The maximum atomic E-state index is 12.9. The van der Waals surface area contributed by atoms with Crippen molar-refractivity contribution in [2.75, 3.05) is 6.54 Å². The Balaban J connectivity index is 2.02. The second-order valence-corrected chi connectivity index (χ2v) is 4.87. The van der Waals surface area contributed by atoms with Crippen molar-refractivity contribution in [1.29, 1.82) is 0 Å². The SMILES string of the molecule is Cn1cc(C(=O)NCC(C)(O)c2ccc(F)cc2)cn1. The lowest BCUT2D eigenvalue weighted by Crippen LogP contribution is -2.38. The van der Waals surface area contributed by atoms with Gasteiger partial charge in [-0.15, -0.1) is 0 Å². The minimum Gasteiger partial charge on any atom is -0.384 e. The van der Waals surface area contributed by atoms with E-state index in [0.717, 1.165) is 0 Å². The van der Waals surface area contributed by atoms with Gasteiger partial charge in [0.1, 0.15) is 11.4 Å². The van der Waals surface area contributed by atoms with Crippen LogP contribution in [0.25, 0.3) is 0 Å². The molecule has 0 aliphatic heterocycles. The molecule has 0 bridgehead atoms. The molecule has 0 radical (unpaired) electrons. The number of aliphatic hydroxyl groups is 1. The molecule has 0 aliphatic carbocycles. The third-order valence-electron chi connectivity index (χ3n) is 3.03. The van der Waals surface area contributed by atoms with E-state index in [1.807, 2.05) is 0 Å². The molecule has 1 unspecified atom stereocenters. The topological polar surface area (TPSA) is 67.2 Å². The molecule has 1 heterocycles. The molecule has 2 N–H and O–H groups in total. The molecule has 0 saturated heterocycles. The molecular formula is C14H16FN3O2. The number of aromatic nitrogens is 2. The summed E-state index contributed by atoms with van der Waals surface area (Å²) in [5.41, 5.74) is -0.321. The number of nitrogens with one attached hydrogen (secondary N) is 1. The molecule has 0 aliphatic rings. The van der Waals surface area contributed by atoms with Crippen molar-refractivity contribution < 1.29 is 14.3 Å². The van der Waals surface area contributed by atoms with E-state index in [-0.39, 0.29) is 18.3 Å². The van der Waals surface area contributed by atoms with Gasteiger partial charge in [-0.2, -0.15) is 5.10 Å². The number of halogens is 1. The standard InChI is InChI=1S/C14H16FN3O2/c1-14(20,11-3-5-12(15)6-4-11)9-16-13(19)10-7-17-18(2)8-10/h3-8,20H,9H2,1-2H3,(H,16,19). The van der Waals surface area contributed by atoms with Crippen molar-refractivity contribution in [2.45, 2.75) is 12.5 Å². The average molecular weight is 277 g/mol. The van der Waals surface area contributed by atoms with Crippen molar-refractivity contribution in [1.82, 2.24) is 15.1 Å². The van der Waals surface area contributed by atoms with Gasteiger partial charge < -0.3 is 10.4 Å². The van der Waals surface area contributed by atoms with E-state index in [4.69, 9.17) is 0 Å². The molecular weight excluding hydrogens is 261 g/mol. The molecule has 1 aromatic carbocycles. The summed E-state index contributed by atoms with van der Waals surface area (Å²) in [5, 5.41) is 16.9. The van der Waals surface area contributed by atoms with Crippen LogP contribution in [0.15, 0.2) is 36.7 Å². The Morgan fingerprint density at radius 3 is 2.65 bits per heavy atom. The van der Waals surface area contributed by atoms with E-state index < -0.39 is 5.60 Å². The largest absolute Gasteiger partial charge is 0.384 e. The number of rotatable bonds is 4. The molecule has 2 aromatic rings. The summed E-state index contributed by atoms with van der Waals surface area (Å²) in [6.45, 7) is 1.58. The van der Waals surface area contributed by atoms with Crippen LogP contribution < -0.4 is 5.32 Å². The molecule has 1 atom stereocenters. The van der Waals surface area contributed by atoms with Gasteiger partial charge >= 0.3 is 0 Å². The normalized spacial score (nSPS) is 13.8. The van der Waals surface area contributed by atoms with Gasteiger partial charge in [0, 0.05) is 13.2 Å². The summed E-state index contributed by atoms with van der Waals surface area (Å²) < 4.78 is 14.4. The molecule has 0 fully saturated rings. The van der Waals surface area contributed by atoms with Gasteiger partial charge in [0.2, 0.25) is 0 Å². The highest BCUT2D eigenvalue weighted by molar-refractivity contribution is 5.93. The number of aryl methyl sites for hydroxylation is 1. The van der Waals surface area contributed by atoms with E-state index >= 15 is 0 Å². The predicted molar refractivity (Wildman–Crippen MR) is 71.5 cm³/mol. The van der Waals surface area contributed by atoms with E-state index in [1.54, 1.807) is 20.2 Å². The van der Waals surface area contributed by atoms with Gasteiger partial charge in [-0.3, -0.25) is 9.48 Å². The first-order valence-corrected chi connectivity index (χ1v) is 6.14. The fourth-order valence-corrected chi connectivity index (χ4v) is 1.80. The van der Waals surface area contributed by atoms with E-state index in [9.17, 15) is 14.3 Å². The van der Waals surface area contributed by atoms with E-state index in [2.05, 4.69) is 10.4 Å². The lowest BCUT2D eigenvalue weighted by Gasteiger charge is -2.24. The molecule has 0 saturated carbocycles. The first-order valence-electron chi connectivity index (χ1n) is 6.14. The van der Waals surface area contributed by atoms with Crippen LogP contribution >= 0.6 is 0 Å². The molecule has 1 aromatic heterocycles. The van der Waals surface area contributed by atoms with Crippen molar-refractivity contribution in [3.63, 3.8) is 0 Å². The summed E-state index contributed by atoms with van der Waals surface area (Å²) >= 11 is 0. The zero-order chi connectivity index (χ0) is 14.8. The maximum Gasteiger partial charge on any atom is 0.254 e. The van der Waals surface area contributed by atoms with Crippen LogP contribution in [0, 0.1) is 5.82 Å². The Kier molecular flexibility index (Phi) is 3.85. The summed E-state index contributed by atoms with van der Waals surface area (Å²) in [6, 6.07) is 5.52. The number of amides is 1. The summed E-state index contributed by atoms with van der Waals surface area (Å²) in [5.74, 6) is -0.690. The lowest BCUT2D eigenvalue weighted by atomic mass is 9.96. The molecule has 2 rings (SSSR count).